The van der Waals surface area contributed by atoms with Gasteiger partial charge in [-0.2, -0.15) is 0 Å². The van der Waals surface area contributed by atoms with E-state index in [0.29, 0.717) is 32.5 Å². The number of hydrogen-bond acceptors (Lipinski definition) is 7. The third kappa shape index (κ3) is 7.44. The number of ketones is 1. The number of amides is 1. The highest BCUT2D eigenvalue weighted by Crippen LogP contribution is 2.26. The summed E-state index contributed by atoms with van der Waals surface area (Å²) in [6.07, 6.45) is 12.2. The van der Waals surface area contributed by atoms with Crippen molar-refractivity contribution in [2.75, 3.05) is 27.3 Å². The van der Waals surface area contributed by atoms with Gasteiger partial charge in [-0.05, 0) is 57.4 Å². The number of ether oxygens (including phenoxy) is 3. The number of carbonyl (C=O) groups is 2. The van der Waals surface area contributed by atoms with Crippen LogP contribution in [0.4, 0.5) is 4.79 Å². The largest absolute Gasteiger partial charge is 0.497 e. The van der Waals surface area contributed by atoms with Crippen LogP contribution in [0.5, 0.6) is 0 Å². The Morgan fingerprint density at radius 3 is 2.56 bits per heavy atom. The van der Waals surface area contributed by atoms with Gasteiger partial charge in [-0.1, -0.05) is 41.6 Å². The van der Waals surface area contributed by atoms with E-state index in [1.807, 2.05) is 74.1 Å². The predicted octanol–water partition coefficient (Wildman–Crippen LogP) is 4.91. The monoisotopic (exact) mass is 534 g/mol. The quantitative estimate of drug-likeness (QED) is 0.444. The van der Waals surface area contributed by atoms with E-state index in [1.54, 1.807) is 25.2 Å². The molecular weight excluding hydrogens is 496 g/mol. The summed E-state index contributed by atoms with van der Waals surface area (Å²) in [4.78, 5) is 27.0. The molecule has 2 unspecified atom stereocenters. The maximum Gasteiger partial charge on any atom is 0.410 e. The van der Waals surface area contributed by atoms with Crippen LogP contribution < -0.4 is 0 Å². The zero-order valence-corrected chi connectivity index (χ0v) is 23.4. The van der Waals surface area contributed by atoms with Gasteiger partial charge in [0.2, 0.25) is 0 Å². The summed E-state index contributed by atoms with van der Waals surface area (Å²) >= 11 is 0. The van der Waals surface area contributed by atoms with Gasteiger partial charge in [-0.25, -0.2) is 4.79 Å². The fraction of sp³-hybridized carbons (Fsp3) is 0.467. The molecule has 0 N–H and O–H groups in total. The SMILES string of the molecule is COC1=CC(OC)C(Cn2cc(-c3ccccc3C=CC(=O)C3CCN(C(=O)OC(C)(C)C)CC3)nn2)C=C1. The summed E-state index contributed by atoms with van der Waals surface area (Å²) in [6.45, 7) is 7.19. The van der Waals surface area contributed by atoms with Gasteiger partial charge >= 0.3 is 6.09 Å². The number of piperidine rings is 1. The summed E-state index contributed by atoms with van der Waals surface area (Å²) in [7, 11) is 3.32. The molecule has 1 aromatic heterocycles. The molecule has 0 bridgehead atoms. The van der Waals surface area contributed by atoms with Gasteiger partial charge in [0.05, 0.1) is 26.0 Å². The lowest BCUT2D eigenvalue weighted by molar-refractivity contribution is -0.119. The average molecular weight is 535 g/mol. The van der Waals surface area contributed by atoms with Crippen LogP contribution in [-0.2, 0) is 25.5 Å². The first-order chi connectivity index (χ1) is 18.7. The van der Waals surface area contributed by atoms with E-state index in [0.717, 1.165) is 22.6 Å². The zero-order chi connectivity index (χ0) is 28.0. The Balaban J connectivity index is 1.38. The van der Waals surface area contributed by atoms with Crippen LogP contribution in [-0.4, -0.2) is 70.8 Å². The highest BCUT2D eigenvalue weighted by Gasteiger charge is 2.29. The summed E-state index contributed by atoms with van der Waals surface area (Å²) < 4.78 is 18.2. The molecule has 208 valence electrons. The van der Waals surface area contributed by atoms with E-state index in [9.17, 15) is 9.59 Å². The number of hydrogen-bond donors (Lipinski definition) is 0. The molecule has 2 heterocycles. The third-order valence-electron chi connectivity index (χ3n) is 6.92. The number of carbonyl (C=O) groups excluding carboxylic acids is 2. The molecule has 4 rings (SSSR count). The van der Waals surface area contributed by atoms with Crippen LogP contribution in [0.1, 0.15) is 39.2 Å². The fourth-order valence-corrected chi connectivity index (χ4v) is 4.80. The Kier molecular flexibility index (Phi) is 9.01. The van der Waals surface area contributed by atoms with Crippen LogP contribution in [0.25, 0.3) is 17.3 Å². The molecule has 0 radical (unpaired) electrons. The first-order valence-electron chi connectivity index (χ1n) is 13.3. The van der Waals surface area contributed by atoms with E-state index in [1.165, 1.54) is 0 Å². The molecule has 2 aliphatic rings. The smallest absolute Gasteiger partial charge is 0.410 e. The van der Waals surface area contributed by atoms with Gasteiger partial charge in [0, 0.05) is 37.6 Å². The first kappa shape index (κ1) is 28.3. The molecule has 1 amide bonds. The van der Waals surface area contributed by atoms with Crippen molar-refractivity contribution in [1.82, 2.24) is 19.9 Å². The van der Waals surface area contributed by atoms with Crippen molar-refractivity contribution < 1.29 is 23.8 Å². The highest BCUT2D eigenvalue weighted by molar-refractivity contribution is 5.96. The predicted molar refractivity (Wildman–Crippen MR) is 149 cm³/mol. The lowest BCUT2D eigenvalue weighted by atomic mass is 9.92. The molecule has 0 spiro atoms. The minimum Gasteiger partial charge on any atom is -0.497 e. The molecule has 9 heteroatoms. The highest BCUT2D eigenvalue weighted by atomic mass is 16.6. The fourth-order valence-electron chi connectivity index (χ4n) is 4.80. The second-order valence-corrected chi connectivity index (χ2v) is 10.9. The van der Waals surface area contributed by atoms with Gasteiger partial charge in [0.1, 0.15) is 17.1 Å². The van der Waals surface area contributed by atoms with Gasteiger partial charge in [-0.15, -0.1) is 5.10 Å². The van der Waals surface area contributed by atoms with Crippen molar-refractivity contribution in [3.05, 3.63) is 66.1 Å². The van der Waals surface area contributed by atoms with Crippen LogP contribution in [0.2, 0.25) is 0 Å². The molecule has 0 saturated carbocycles. The van der Waals surface area contributed by atoms with Crippen LogP contribution in [0, 0.1) is 11.8 Å². The molecule has 9 nitrogen and oxygen atoms in total. The molecule has 1 aromatic carbocycles. The molecule has 1 saturated heterocycles. The Labute approximate surface area is 230 Å². The van der Waals surface area contributed by atoms with Crippen molar-refractivity contribution >= 4 is 18.0 Å². The number of rotatable bonds is 8. The van der Waals surface area contributed by atoms with Crippen molar-refractivity contribution in [2.45, 2.75) is 51.9 Å². The number of allylic oxidation sites excluding steroid dienone is 2. The van der Waals surface area contributed by atoms with Gasteiger partial charge in [0.15, 0.2) is 5.78 Å². The van der Waals surface area contributed by atoms with Crippen molar-refractivity contribution in [3.8, 4) is 11.3 Å². The maximum atomic E-state index is 13.0. The molecule has 2 atom stereocenters. The maximum absolute atomic E-state index is 13.0. The second-order valence-electron chi connectivity index (χ2n) is 10.9. The van der Waals surface area contributed by atoms with Crippen molar-refractivity contribution in [1.29, 1.82) is 0 Å². The molecule has 1 aliphatic heterocycles. The lowest BCUT2D eigenvalue weighted by Crippen LogP contribution is -2.42. The summed E-state index contributed by atoms with van der Waals surface area (Å²) in [5.41, 5.74) is 1.99. The van der Waals surface area contributed by atoms with E-state index in [2.05, 4.69) is 16.4 Å². The van der Waals surface area contributed by atoms with Crippen LogP contribution >= 0.6 is 0 Å². The Bertz CT molecular complexity index is 1250. The number of benzene rings is 1. The zero-order valence-electron chi connectivity index (χ0n) is 23.4. The molecule has 39 heavy (non-hydrogen) atoms. The van der Waals surface area contributed by atoms with E-state index >= 15 is 0 Å². The minimum absolute atomic E-state index is 0.0653. The van der Waals surface area contributed by atoms with Crippen LogP contribution in [0.3, 0.4) is 0 Å². The van der Waals surface area contributed by atoms with Gasteiger partial charge in [-0.3, -0.25) is 9.48 Å². The number of methoxy groups -OCH3 is 2. The number of nitrogens with zero attached hydrogens (tertiary/aromatic N) is 4. The normalized spacial score (nSPS) is 20.2. The summed E-state index contributed by atoms with van der Waals surface area (Å²) in [5.74, 6) is 0.826. The number of likely N-dealkylation sites (tertiary alicyclic amines) is 1. The van der Waals surface area contributed by atoms with Crippen LogP contribution in [0.15, 0.2) is 60.5 Å². The van der Waals surface area contributed by atoms with Gasteiger partial charge in [0.25, 0.3) is 0 Å². The third-order valence-corrected chi connectivity index (χ3v) is 6.92. The van der Waals surface area contributed by atoms with E-state index in [-0.39, 0.29) is 29.8 Å². The minimum atomic E-state index is -0.532. The Morgan fingerprint density at radius 2 is 1.87 bits per heavy atom. The Morgan fingerprint density at radius 1 is 1.13 bits per heavy atom. The first-order valence-corrected chi connectivity index (χ1v) is 13.3. The second kappa shape index (κ2) is 12.4. The summed E-state index contributed by atoms with van der Waals surface area (Å²) in [5, 5.41) is 8.74. The summed E-state index contributed by atoms with van der Waals surface area (Å²) in [6, 6.07) is 7.82. The van der Waals surface area contributed by atoms with Crippen molar-refractivity contribution in [3.63, 3.8) is 0 Å². The standard InChI is InChI=1S/C30H38N4O5/c1-30(2,3)39-29(36)33-16-14-22(15-17-33)27(35)13-11-21-8-6-7-9-25(21)26-20-34(32-31-26)19-23-10-12-24(37-4)18-28(23)38-5/h6-13,18,20,22-23,28H,14-17,19H2,1-5H3. The van der Waals surface area contributed by atoms with E-state index in [4.69, 9.17) is 14.2 Å². The molecule has 1 fully saturated rings. The topological polar surface area (TPSA) is 95.8 Å². The molecule has 1 aliphatic carbocycles. The Hall–Kier alpha value is -3.72. The average Bonchev–Trinajstić information content (AvgIpc) is 3.39. The van der Waals surface area contributed by atoms with Crippen molar-refractivity contribution in [2.24, 2.45) is 11.8 Å². The number of aromatic nitrogens is 3. The van der Waals surface area contributed by atoms with E-state index < -0.39 is 5.60 Å². The van der Waals surface area contributed by atoms with Gasteiger partial charge < -0.3 is 19.1 Å². The molecular formula is C30H38N4O5. The lowest BCUT2D eigenvalue weighted by Gasteiger charge is -2.32. The molecule has 2 aromatic rings.